The monoisotopic (exact) mass is 279 g/mol. The quantitative estimate of drug-likeness (QED) is 0.667. The molecule has 6 heteroatoms. The van der Waals surface area contributed by atoms with Crippen molar-refractivity contribution in [3.63, 3.8) is 0 Å². The van der Waals surface area contributed by atoms with Crippen molar-refractivity contribution in [3.05, 3.63) is 47.8 Å². The molecule has 0 radical (unpaired) electrons. The molecule has 0 aliphatic carbocycles. The summed E-state index contributed by atoms with van der Waals surface area (Å²) >= 11 is 0. The maximum absolute atomic E-state index is 11.1. The van der Waals surface area contributed by atoms with Crippen molar-refractivity contribution in [1.29, 1.82) is 5.26 Å². The number of nitrogens with one attached hydrogen (secondary N) is 1. The largest absolute Gasteiger partial charge is 0.506 e. The molecule has 0 unspecified atom stereocenters. The molecule has 6 nitrogen and oxygen atoms in total. The summed E-state index contributed by atoms with van der Waals surface area (Å²) in [7, 11) is 0. The number of aromatic hydroxyl groups is 1. The number of carboxylic acids is 1. The molecule has 0 saturated heterocycles. The van der Waals surface area contributed by atoms with Crippen molar-refractivity contribution in [3.8, 4) is 22.9 Å². The molecule has 0 atom stereocenters. The highest BCUT2D eigenvalue weighted by Crippen LogP contribution is 2.34. The number of fused-ring (bicyclic) bond motifs is 1. The zero-order valence-electron chi connectivity index (χ0n) is 10.7. The Morgan fingerprint density at radius 1 is 1.29 bits per heavy atom. The number of aromatic amines is 1. The first-order valence-corrected chi connectivity index (χ1v) is 6.04. The van der Waals surface area contributed by atoms with Crippen LogP contribution >= 0.6 is 0 Å². The number of imidazole rings is 1. The van der Waals surface area contributed by atoms with Crippen molar-refractivity contribution in [1.82, 2.24) is 9.97 Å². The first-order chi connectivity index (χ1) is 10.1. The Labute approximate surface area is 118 Å². The predicted molar refractivity (Wildman–Crippen MR) is 74.9 cm³/mol. The van der Waals surface area contributed by atoms with Gasteiger partial charge in [-0.2, -0.15) is 5.26 Å². The lowest BCUT2D eigenvalue weighted by molar-refractivity contribution is 0.0697. The summed E-state index contributed by atoms with van der Waals surface area (Å²) in [6, 6.07) is 9.50. The number of phenols is 1. The zero-order valence-corrected chi connectivity index (χ0v) is 10.7. The average molecular weight is 279 g/mol. The normalized spacial score (nSPS) is 10.4. The number of carboxylic acid groups (broad SMARTS) is 1. The van der Waals surface area contributed by atoms with Gasteiger partial charge in [0, 0.05) is 5.56 Å². The smallest absolute Gasteiger partial charge is 0.335 e. The Morgan fingerprint density at radius 2 is 2.10 bits per heavy atom. The van der Waals surface area contributed by atoms with E-state index < -0.39 is 5.97 Å². The molecular weight excluding hydrogens is 270 g/mol. The number of hydrogen-bond donors (Lipinski definition) is 3. The summed E-state index contributed by atoms with van der Waals surface area (Å²) in [5, 5.41) is 28.2. The average Bonchev–Trinajstić information content (AvgIpc) is 2.94. The van der Waals surface area contributed by atoms with Crippen molar-refractivity contribution in [2.45, 2.75) is 0 Å². The third kappa shape index (κ3) is 2.07. The Kier molecular flexibility index (Phi) is 2.81. The molecule has 0 bridgehead atoms. The number of rotatable bonds is 2. The van der Waals surface area contributed by atoms with Gasteiger partial charge in [-0.15, -0.1) is 0 Å². The number of carbonyl (C=O) groups is 1. The first-order valence-electron chi connectivity index (χ1n) is 6.04. The van der Waals surface area contributed by atoms with E-state index in [1.807, 2.05) is 0 Å². The molecule has 0 fully saturated rings. The topological polar surface area (TPSA) is 110 Å². The van der Waals surface area contributed by atoms with E-state index in [0.717, 1.165) is 17.1 Å². The van der Waals surface area contributed by atoms with Gasteiger partial charge >= 0.3 is 5.97 Å². The Morgan fingerprint density at radius 3 is 2.81 bits per heavy atom. The highest BCUT2D eigenvalue weighted by atomic mass is 16.4. The summed E-state index contributed by atoms with van der Waals surface area (Å²) in [6.45, 7) is 0. The second kappa shape index (κ2) is 4.65. The molecule has 3 aromatic rings. The van der Waals surface area contributed by atoms with Gasteiger partial charge in [-0.1, -0.05) is 6.07 Å². The number of hydrogen-bond acceptors (Lipinski definition) is 4. The van der Waals surface area contributed by atoms with Crippen LogP contribution in [0.15, 0.2) is 36.7 Å². The number of aromatic nitrogens is 2. The van der Waals surface area contributed by atoms with Crippen LogP contribution in [-0.4, -0.2) is 26.2 Å². The molecule has 1 heterocycles. The van der Waals surface area contributed by atoms with E-state index in [2.05, 4.69) is 9.97 Å². The third-order valence-electron chi connectivity index (χ3n) is 3.21. The fourth-order valence-corrected chi connectivity index (χ4v) is 2.17. The molecule has 102 valence electrons. The van der Waals surface area contributed by atoms with E-state index >= 15 is 0 Å². The molecule has 3 rings (SSSR count). The van der Waals surface area contributed by atoms with Gasteiger partial charge in [-0.05, 0) is 29.8 Å². The van der Waals surface area contributed by atoms with Crippen LogP contribution in [-0.2, 0) is 0 Å². The number of phenolic OH excluding ortho intramolecular Hbond substituents is 1. The molecule has 21 heavy (non-hydrogen) atoms. The Hall–Kier alpha value is -3.33. The van der Waals surface area contributed by atoms with Gasteiger partial charge in [0.2, 0.25) is 0 Å². The minimum Gasteiger partial charge on any atom is -0.506 e. The maximum Gasteiger partial charge on any atom is 0.335 e. The fraction of sp³-hybridized carbons (Fsp3) is 0. The third-order valence-corrected chi connectivity index (χ3v) is 3.21. The molecule has 0 spiro atoms. The van der Waals surface area contributed by atoms with E-state index in [-0.39, 0.29) is 16.9 Å². The van der Waals surface area contributed by atoms with Crippen molar-refractivity contribution < 1.29 is 15.0 Å². The summed E-state index contributed by atoms with van der Waals surface area (Å²) in [4.78, 5) is 18.2. The Balaban J connectivity index is 2.27. The molecule has 0 amide bonds. The van der Waals surface area contributed by atoms with Gasteiger partial charge in [-0.25, -0.2) is 9.78 Å². The number of nitriles is 1. The molecule has 0 saturated carbocycles. The van der Waals surface area contributed by atoms with Gasteiger partial charge in [0.15, 0.2) is 0 Å². The number of H-pyrrole nitrogens is 1. The summed E-state index contributed by atoms with van der Waals surface area (Å²) < 4.78 is 0. The number of nitrogens with zero attached hydrogens (tertiary/aromatic N) is 2. The van der Waals surface area contributed by atoms with Crippen LogP contribution < -0.4 is 0 Å². The maximum atomic E-state index is 11.1. The standard InChI is InChI=1S/C15H9N3O3/c16-6-10-3-9(15(20)21)4-11(14(10)19)8-1-2-12-13(5-8)18-7-17-12/h1-5,7,19H,(H,17,18)(H,20,21). The zero-order chi connectivity index (χ0) is 15.0. The van der Waals surface area contributed by atoms with Crippen LogP contribution in [0.2, 0.25) is 0 Å². The van der Waals surface area contributed by atoms with E-state index in [0.29, 0.717) is 11.1 Å². The van der Waals surface area contributed by atoms with Crippen LogP contribution in [0, 0.1) is 11.3 Å². The summed E-state index contributed by atoms with van der Waals surface area (Å²) in [6.07, 6.45) is 1.54. The van der Waals surface area contributed by atoms with Crippen molar-refractivity contribution in [2.24, 2.45) is 0 Å². The minimum atomic E-state index is -1.16. The van der Waals surface area contributed by atoms with Crippen molar-refractivity contribution in [2.75, 3.05) is 0 Å². The lowest BCUT2D eigenvalue weighted by Gasteiger charge is -2.08. The Bertz CT molecular complexity index is 906. The second-order valence-electron chi connectivity index (χ2n) is 4.47. The molecule has 3 N–H and O–H groups in total. The lowest BCUT2D eigenvalue weighted by Crippen LogP contribution is -1.98. The summed E-state index contributed by atoms with van der Waals surface area (Å²) in [5.41, 5.74) is 2.28. The summed E-state index contributed by atoms with van der Waals surface area (Å²) in [5.74, 6) is -1.39. The van der Waals surface area contributed by atoms with E-state index in [9.17, 15) is 9.90 Å². The second-order valence-corrected chi connectivity index (χ2v) is 4.47. The van der Waals surface area contributed by atoms with Crippen LogP contribution in [0.5, 0.6) is 5.75 Å². The fourth-order valence-electron chi connectivity index (χ4n) is 2.17. The van der Waals surface area contributed by atoms with Crippen LogP contribution in [0.25, 0.3) is 22.2 Å². The van der Waals surface area contributed by atoms with Gasteiger partial charge < -0.3 is 15.2 Å². The van der Waals surface area contributed by atoms with Crippen LogP contribution in [0.4, 0.5) is 0 Å². The predicted octanol–water partition coefficient (Wildman–Crippen LogP) is 2.51. The van der Waals surface area contributed by atoms with Gasteiger partial charge in [0.1, 0.15) is 11.8 Å². The SMILES string of the molecule is N#Cc1cc(C(=O)O)cc(-c2ccc3nc[nH]c3c2)c1O. The first kappa shape index (κ1) is 12.7. The molecule has 0 aliphatic heterocycles. The van der Waals surface area contributed by atoms with Crippen molar-refractivity contribution >= 4 is 17.0 Å². The minimum absolute atomic E-state index is 0.0518. The van der Waals surface area contributed by atoms with Gasteiger partial charge in [-0.3, -0.25) is 0 Å². The van der Waals surface area contributed by atoms with Crippen LogP contribution in [0.3, 0.4) is 0 Å². The molecule has 2 aromatic carbocycles. The van der Waals surface area contributed by atoms with E-state index in [1.54, 1.807) is 30.6 Å². The highest BCUT2D eigenvalue weighted by molar-refractivity contribution is 5.92. The van der Waals surface area contributed by atoms with E-state index in [1.165, 1.54) is 6.07 Å². The number of aromatic carboxylic acids is 1. The highest BCUT2D eigenvalue weighted by Gasteiger charge is 2.15. The molecule has 0 aliphatic rings. The van der Waals surface area contributed by atoms with E-state index in [4.69, 9.17) is 10.4 Å². The van der Waals surface area contributed by atoms with Gasteiger partial charge in [0.25, 0.3) is 0 Å². The van der Waals surface area contributed by atoms with Gasteiger partial charge in [0.05, 0.1) is 28.5 Å². The van der Waals surface area contributed by atoms with Crippen LogP contribution in [0.1, 0.15) is 15.9 Å². The lowest BCUT2D eigenvalue weighted by atomic mass is 9.98. The molecule has 1 aromatic heterocycles. The number of benzene rings is 2. The molecular formula is C15H9N3O3.